The van der Waals surface area contributed by atoms with E-state index in [1.807, 2.05) is 30.5 Å². The van der Waals surface area contributed by atoms with Crippen molar-refractivity contribution in [3.8, 4) is 0 Å². The predicted molar refractivity (Wildman–Crippen MR) is 106 cm³/mol. The molecule has 0 bridgehead atoms. The van der Waals surface area contributed by atoms with Crippen molar-refractivity contribution in [3.05, 3.63) is 64.0 Å². The minimum atomic E-state index is -0.287. The molecule has 128 valence electrons. The van der Waals surface area contributed by atoms with E-state index in [1.165, 1.54) is 4.90 Å². The normalized spacial score (nSPS) is 15.9. The molecule has 0 unspecified atom stereocenters. The van der Waals surface area contributed by atoms with Gasteiger partial charge in [0.1, 0.15) is 0 Å². The van der Waals surface area contributed by atoms with Gasteiger partial charge in [-0.25, -0.2) is 0 Å². The van der Waals surface area contributed by atoms with Gasteiger partial charge >= 0.3 is 0 Å². The van der Waals surface area contributed by atoms with Crippen LogP contribution in [0.2, 0.25) is 5.02 Å². The number of hydrogen-bond donors (Lipinski definition) is 1. The average Bonchev–Trinajstić information content (AvgIpc) is 2.89. The van der Waals surface area contributed by atoms with E-state index in [0.717, 1.165) is 27.9 Å². The molecule has 1 saturated heterocycles. The summed E-state index contributed by atoms with van der Waals surface area (Å²) in [6, 6.07) is 14.9. The molecule has 2 aromatic rings. The van der Waals surface area contributed by atoms with E-state index in [2.05, 4.69) is 5.32 Å². The molecular weight excluding hydrogens is 376 g/mol. The lowest BCUT2D eigenvalue weighted by Crippen LogP contribution is -2.33. The number of anilines is 1. The first-order valence-electron chi connectivity index (χ1n) is 7.45. The van der Waals surface area contributed by atoms with Crippen LogP contribution in [0.15, 0.2) is 58.3 Å². The van der Waals surface area contributed by atoms with Gasteiger partial charge in [-0.15, -0.1) is 11.8 Å². The van der Waals surface area contributed by atoms with Crippen molar-refractivity contribution in [1.82, 2.24) is 4.90 Å². The fourth-order valence-electron chi connectivity index (χ4n) is 2.23. The van der Waals surface area contributed by atoms with Crippen LogP contribution in [-0.2, 0) is 4.79 Å². The number of hydrogen-bond acceptors (Lipinski definition) is 5. The van der Waals surface area contributed by atoms with Gasteiger partial charge in [-0.05, 0) is 66.1 Å². The van der Waals surface area contributed by atoms with Crippen LogP contribution in [-0.4, -0.2) is 29.0 Å². The number of halogens is 1. The molecule has 3 rings (SSSR count). The lowest BCUT2D eigenvalue weighted by Gasteiger charge is -2.14. The summed E-state index contributed by atoms with van der Waals surface area (Å²) in [5.41, 5.74) is 1.69. The van der Waals surface area contributed by atoms with E-state index >= 15 is 0 Å². The third-order valence-electron chi connectivity index (χ3n) is 3.57. The Labute approximate surface area is 159 Å². The Kier molecular flexibility index (Phi) is 5.73. The second kappa shape index (κ2) is 7.99. The maximum absolute atomic E-state index is 12.5. The van der Waals surface area contributed by atoms with Gasteiger partial charge in [0.15, 0.2) is 0 Å². The Hall–Kier alpha value is -1.89. The van der Waals surface area contributed by atoms with Crippen molar-refractivity contribution in [2.75, 3.05) is 18.2 Å². The fraction of sp³-hybridized carbons (Fsp3) is 0.111. The van der Waals surface area contributed by atoms with Gasteiger partial charge in [0.05, 0.1) is 11.6 Å². The molecule has 2 amide bonds. The van der Waals surface area contributed by atoms with E-state index in [-0.39, 0.29) is 17.8 Å². The molecule has 1 aliphatic heterocycles. The molecule has 0 aliphatic carbocycles. The summed E-state index contributed by atoms with van der Waals surface area (Å²) < 4.78 is 0. The van der Waals surface area contributed by atoms with Crippen LogP contribution in [0.25, 0.3) is 6.08 Å². The highest BCUT2D eigenvalue weighted by Crippen LogP contribution is 2.32. The van der Waals surface area contributed by atoms with Crippen molar-refractivity contribution in [1.29, 1.82) is 0 Å². The molecule has 0 radical (unpaired) electrons. The van der Waals surface area contributed by atoms with Crippen molar-refractivity contribution in [2.45, 2.75) is 4.90 Å². The number of benzene rings is 2. The standard InChI is InChI=1S/C18H15ClN2O2S2/c1-24-15-8-2-12(3-9-15)10-16-17(22)21(18(23)25-16)11-20-14-6-4-13(19)5-7-14/h2-10,20H,11H2,1H3/b16-10+. The average molecular weight is 391 g/mol. The molecule has 4 nitrogen and oxygen atoms in total. The van der Waals surface area contributed by atoms with Crippen LogP contribution >= 0.6 is 35.1 Å². The topological polar surface area (TPSA) is 49.4 Å². The van der Waals surface area contributed by atoms with E-state index in [1.54, 1.807) is 42.1 Å². The van der Waals surface area contributed by atoms with Gasteiger partial charge in [0.25, 0.3) is 11.1 Å². The van der Waals surface area contributed by atoms with Gasteiger partial charge in [-0.1, -0.05) is 23.7 Å². The van der Waals surface area contributed by atoms with Crippen LogP contribution in [0.1, 0.15) is 5.56 Å². The molecule has 25 heavy (non-hydrogen) atoms. The Morgan fingerprint density at radius 2 is 1.80 bits per heavy atom. The quantitative estimate of drug-likeness (QED) is 0.564. The molecule has 1 N–H and O–H groups in total. The molecule has 1 fully saturated rings. The SMILES string of the molecule is CSc1ccc(/C=C2/SC(=O)N(CNc3ccc(Cl)cc3)C2=O)cc1. The molecule has 1 heterocycles. The highest BCUT2D eigenvalue weighted by Gasteiger charge is 2.34. The van der Waals surface area contributed by atoms with E-state index < -0.39 is 0 Å². The monoisotopic (exact) mass is 390 g/mol. The number of carbonyl (C=O) groups is 2. The first-order chi connectivity index (χ1) is 12.1. The number of rotatable bonds is 5. The van der Waals surface area contributed by atoms with Gasteiger partial charge in [0.2, 0.25) is 0 Å². The first kappa shape index (κ1) is 17.9. The van der Waals surface area contributed by atoms with Gasteiger partial charge in [-0.2, -0.15) is 0 Å². The number of nitrogens with one attached hydrogen (secondary N) is 1. The fourth-order valence-corrected chi connectivity index (χ4v) is 3.60. The van der Waals surface area contributed by atoms with Crippen molar-refractivity contribution >= 4 is 58.0 Å². The zero-order valence-corrected chi connectivity index (χ0v) is 15.8. The second-order valence-corrected chi connectivity index (χ2v) is 7.53. The summed E-state index contributed by atoms with van der Waals surface area (Å²) >= 11 is 8.45. The van der Waals surface area contributed by atoms with Gasteiger partial charge in [0, 0.05) is 15.6 Å². The Bertz CT molecular complexity index is 820. The number of thioether (sulfide) groups is 2. The summed E-state index contributed by atoms with van der Waals surface area (Å²) in [4.78, 5) is 27.4. The zero-order valence-electron chi connectivity index (χ0n) is 13.4. The Morgan fingerprint density at radius 3 is 2.44 bits per heavy atom. The maximum Gasteiger partial charge on any atom is 0.295 e. The Balaban J connectivity index is 1.68. The number of carbonyl (C=O) groups excluding carboxylic acids is 2. The van der Waals surface area contributed by atoms with Crippen molar-refractivity contribution in [2.24, 2.45) is 0 Å². The highest BCUT2D eigenvalue weighted by atomic mass is 35.5. The highest BCUT2D eigenvalue weighted by molar-refractivity contribution is 8.18. The molecule has 1 aliphatic rings. The number of nitrogens with zero attached hydrogens (tertiary/aromatic N) is 1. The second-order valence-electron chi connectivity index (χ2n) is 5.22. The smallest absolute Gasteiger partial charge is 0.295 e. The van der Waals surface area contributed by atoms with Crippen LogP contribution in [0, 0.1) is 0 Å². The van der Waals surface area contributed by atoms with Crippen LogP contribution in [0.4, 0.5) is 10.5 Å². The summed E-state index contributed by atoms with van der Waals surface area (Å²) in [7, 11) is 0. The van der Waals surface area contributed by atoms with Gasteiger partial charge < -0.3 is 5.32 Å². The lowest BCUT2D eigenvalue weighted by atomic mass is 10.2. The largest absolute Gasteiger partial charge is 0.367 e. The first-order valence-corrected chi connectivity index (χ1v) is 9.87. The molecule has 0 aromatic heterocycles. The van der Waals surface area contributed by atoms with Crippen molar-refractivity contribution < 1.29 is 9.59 Å². The minimum Gasteiger partial charge on any atom is -0.367 e. The zero-order chi connectivity index (χ0) is 17.8. The van der Waals surface area contributed by atoms with Crippen molar-refractivity contribution in [3.63, 3.8) is 0 Å². The number of amides is 2. The van der Waals surface area contributed by atoms with E-state index in [4.69, 9.17) is 11.6 Å². The van der Waals surface area contributed by atoms with E-state index in [9.17, 15) is 9.59 Å². The Morgan fingerprint density at radius 1 is 1.12 bits per heavy atom. The molecule has 7 heteroatoms. The van der Waals surface area contributed by atoms with Gasteiger partial charge in [-0.3, -0.25) is 14.5 Å². The predicted octanol–water partition coefficient (Wildman–Crippen LogP) is 5.17. The third-order valence-corrected chi connectivity index (χ3v) is 5.48. The third kappa shape index (κ3) is 4.39. The lowest BCUT2D eigenvalue weighted by molar-refractivity contribution is -0.122. The van der Waals surface area contributed by atoms with E-state index in [0.29, 0.717) is 9.93 Å². The molecular formula is C18H15ClN2O2S2. The molecule has 0 saturated carbocycles. The summed E-state index contributed by atoms with van der Waals surface area (Å²) in [6.45, 7) is 0.120. The molecule has 2 aromatic carbocycles. The summed E-state index contributed by atoms with van der Waals surface area (Å²) in [5, 5.41) is 3.41. The molecule has 0 spiro atoms. The van der Waals surface area contributed by atoms with Crippen LogP contribution < -0.4 is 5.32 Å². The molecule has 0 atom stereocenters. The minimum absolute atomic E-state index is 0.120. The maximum atomic E-state index is 12.5. The summed E-state index contributed by atoms with van der Waals surface area (Å²) in [6.07, 6.45) is 3.76. The van der Waals surface area contributed by atoms with Crippen LogP contribution in [0.5, 0.6) is 0 Å². The van der Waals surface area contributed by atoms with Crippen LogP contribution in [0.3, 0.4) is 0 Å². The number of imide groups is 1. The summed E-state index contributed by atoms with van der Waals surface area (Å²) in [5.74, 6) is -0.287.